The Morgan fingerprint density at radius 2 is 1.96 bits per heavy atom. The molecule has 7 nitrogen and oxygen atoms in total. The first kappa shape index (κ1) is 24.5. The van der Waals surface area contributed by atoms with Crippen LogP contribution in [0, 0.1) is 5.92 Å². The number of carbonyl (C=O) groups excluding carboxylic acids is 1. The van der Waals surface area contributed by atoms with Gasteiger partial charge in [0.25, 0.3) is 5.91 Å². The van der Waals surface area contributed by atoms with Crippen LogP contribution in [0.4, 0.5) is 5.69 Å². The fourth-order valence-electron chi connectivity index (χ4n) is 2.76. The molecule has 1 amide bonds. The minimum Gasteiger partial charge on any atom is -0.482 e. The second-order valence-corrected chi connectivity index (χ2v) is 6.90. The predicted octanol–water partition coefficient (Wildman–Crippen LogP) is 2.65. The Bertz CT molecular complexity index is 625. The lowest BCUT2D eigenvalue weighted by atomic mass is 10.2. The molecule has 28 heavy (non-hydrogen) atoms. The van der Waals surface area contributed by atoms with E-state index in [-0.39, 0.29) is 36.5 Å². The molecule has 158 valence electrons. The van der Waals surface area contributed by atoms with E-state index in [1.54, 1.807) is 11.9 Å². The number of amides is 1. The lowest BCUT2D eigenvalue weighted by Crippen LogP contribution is -2.42. The second-order valence-electron chi connectivity index (χ2n) is 6.90. The summed E-state index contributed by atoms with van der Waals surface area (Å²) in [4.78, 5) is 18.2. The number of nitrogens with zero attached hydrogens (tertiary/aromatic N) is 2. The summed E-state index contributed by atoms with van der Waals surface area (Å²) >= 11 is 0. The highest BCUT2D eigenvalue weighted by atomic mass is 127. The number of rotatable bonds is 10. The average molecular weight is 504 g/mol. The van der Waals surface area contributed by atoms with Crippen LogP contribution in [0.15, 0.2) is 29.3 Å². The van der Waals surface area contributed by atoms with Crippen molar-refractivity contribution in [2.75, 3.05) is 51.4 Å². The van der Waals surface area contributed by atoms with E-state index in [9.17, 15) is 4.79 Å². The van der Waals surface area contributed by atoms with Gasteiger partial charge in [-0.15, -0.1) is 24.0 Å². The number of aliphatic imine (C=N–C) groups is 1. The second kappa shape index (κ2) is 13.6. The summed E-state index contributed by atoms with van der Waals surface area (Å²) in [7, 11) is 1.76. The summed E-state index contributed by atoms with van der Waals surface area (Å²) in [6.07, 6.45) is 1.75. The summed E-state index contributed by atoms with van der Waals surface area (Å²) in [5.74, 6) is 2.10. The summed E-state index contributed by atoms with van der Waals surface area (Å²) in [6.45, 7) is 8.14. The number of guanidine groups is 1. The first-order valence-corrected chi connectivity index (χ1v) is 9.66. The Labute approximate surface area is 185 Å². The molecule has 1 heterocycles. The maximum atomic E-state index is 12.1. The lowest BCUT2D eigenvalue weighted by Gasteiger charge is -2.29. The molecule has 1 aromatic rings. The predicted molar refractivity (Wildman–Crippen MR) is 124 cm³/mol. The molecule has 8 heteroatoms. The third kappa shape index (κ3) is 8.22. The number of nitrogens with one attached hydrogen (secondary N) is 2. The van der Waals surface area contributed by atoms with Crippen LogP contribution in [0.2, 0.25) is 0 Å². The van der Waals surface area contributed by atoms with Crippen molar-refractivity contribution < 1.29 is 14.3 Å². The van der Waals surface area contributed by atoms with E-state index in [0.717, 1.165) is 56.5 Å². The van der Waals surface area contributed by atoms with E-state index in [1.165, 1.54) is 0 Å². The largest absolute Gasteiger partial charge is 0.482 e. The lowest BCUT2D eigenvalue weighted by molar-refractivity contribution is -0.121. The van der Waals surface area contributed by atoms with Gasteiger partial charge in [-0.25, -0.2) is 0 Å². The van der Waals surface area contributed by atoms with Crippen LogP contribution in [0.25, 0.3) is 0 Å². The van der Waals surface area contributed by atoms with Crippen molar-refractivity contribution in [2.45, 2.75) is 26.7 Å². The van der Waals surface area contributed by atoms with Crippen molar-refractivity contribution in [3.05, 3.63) is 24.3 Å². The molecule has 0 atom stereocenters. The first-order valence-electron chi connectivity index (χ1n) is 9.66. The van der Waals surface area contributed by atoms with Gasteiger partial charge in [-0.2, -0.15) is 0 Å². The Morgan fingerprint density at radius 3 is 2.68 bits per heavy atom. The molecule has 0 spiro atoms. The third-order valence-electron chi connectivity index (χ3n) is 4.09. The van der Waals surface area contributed by atoms with E-state index in [0.29, 0.717) is 12.5 Å². The molecule has 0 radical (unpaired) electrons. The fraction of sp³-hybridized carbons (Fsp3) is 0.600. The van der Waals surface area contributed by atoms with Gasteiger partial charge in [0, 0.05) is 39.9 Å². The highest BCUT2D eigenvalue weighted by Gasteiger charge is 2.24. The number of benzene rings is 1. The van der Waals surface area contributed by atoms with Crippen LogP contribution in [0.5, 0.6) is 5.75 Å². The van der Waals surface area contributed by atoms with Gasteiger partial charge in [0.1, 0.15) is 5.75 Å². The molecule has 0 unspecified atom stereocenters. The number of para-hydroxylation sites is 2. The topological polar surface area (TPSA) is 75.2 Å². The minimum atomic E-state index is -0.00222. The third-order valence-corrected chi connectivity index (χ3v) is 4.09. The Morgan fingerprint density at radius 1 is 1.25 bits per heavy atom. The fourth-order valence-corrected chi connectivity index (χ4v) is 2.76. The standard InChI is InChI=1S/C20H32N4O3.HI/c1-16(2)14-26-13-7-11-23-20(21-3)22-10-6-12-24-17-8-4-5-9-18(17)27-15-19(24)25;/h4-5,8-9,16H,6-7,10-15H2,1-3H3,(H2,21,22,23);1H. The Hall–Kier alpha value is -1.55. The molecular weight excluding hydrogens is 471 g/mol. The number of ether oxygens (including phenoxy) is 2. The SMILES string of the molecule is CN=C(NCCCOCC(C)C)NCCCN1C(=O)COc2ccccc21.I. The molecule has 0 saturated heterocycles. The van der Waals surface area contributed by atoms with E-state index >= 15 is 0 Å². The van der Waals surface area contributed by atoms with Crippen LogP contribution in [-0.2, 0) is 9.53 Å². The molecule has 1 aliphatic heterocycles. The monoisotopic (exact) mass is 504 g/mol. The minimum absolute atomic E-state index is 0. The van der Waals surface area contributed by atoms with Gasteiger partial charge in [-0.3, -0.25) is 9.79 Å². The molecular formula is C20H33IN4O3. The van der Waals surface area contributed by atoms with Gasteiger partial charge in [0.2, 0.25) is 0 Å². The first-order chi connectivity index (χ1) is 13.1. The molecule has 1 aromatic carbocycles. The van der Waals surface area contributed by atoms with Crippen molar-refractivity contribution in [2.24, 2.45) is 10.9 Å². The van der Waals surface area contributed by atoms with E-state index in [1.807, 2.05) is 24.3 Å². The number of anilines is 1. The maximum Gasteiger partial charge on any atom is 0.265 e. The van der Waals surface area contributed by atoms with Gasteiger partial charge < -0.3 is 25.0 Å². The number of carbonyl (C=O) groups is 1. The Balaban J connectivity index is 0.00000392. The van der Waals surface area contributed by atoms with Gasteiger partial charge in [0.15, 0.2) is 12.6 Å². The van der Waals surface area contributed by atoms with Crippen molar-refractivity contribution in [1.29, 1.82) is 0 Å². The summed E-state index contributed by atoms with van der Waals surface area (Å²) < 4.78 is 11.0. The van der Waals surface area contributed by atoms with Crippen LogP contribution in [0.1, 0.15) is 26.7 Å². The summed E-state index contributed by atoms with van der Waals surface area (Å²) in [5.41, 5.74) is 0.845. The van der Waals surface area contributed by atoms with Gasteiger partial charge in [0.05, 0.1) is 5.69 Å². The smallest absolute Gasteiger partial charge is 0.265 e. The quantitative estimate of drug-likeness (QED) is 0.222. The zero-order valence-corrected chi connectivity index (χ0v) is 19.4. The van der Waals surface area contributed by atoms with Crippen molar-refractivity contribution in [3.8, 4) is 5.75 Å². The maximum absolute atomic E-state index is 12.1. The number of fused-ring (bicyclic) bond motifs is 1. The van der Waals surface area contributed by atoms with Crippen molar-refractivity contribution in [3.63, 3.8) is 0 Å². The average Bonchev–Trinajstić information content (AvgIpc) is 2.67. The van der Waals surface area contributed by atoms with Crippen LogP contribution < -0.4 is 20.3 Å². The van der Waals surface area contributed by atoms with Gasteiger partial charge in [-0.05, 0) is 30.9 Å². The van der Waals surface area contributed by atoms with Crippen LogP contribution in [-0.4, -0.2) is 58.4 Å². The number of hydrogen-bond donors (Lipinski definition) is 2. The van der Waals surface area contributed by atoms with Crippen LogP contribution in [0.3, 0.4) is 0 Å². The zero-order chi connectivity index (χ0) is 19.5. The van der Waals surface area contributed by atoms with E-state index in [4.69, 9.17) is 9.47 Å². The molecule has 0 aliphatic carbocycles. The molecule has 1 aliphatic rings. The van der Waals surface area contributed by atoms with Gasteiger partial charge in [-0.1, -0.05) is 26.0 Å². The highest BCUT2D eigenvalue weighted by molar-refractivity contribution is 14.0. The number of hydrogen-bond acceptors (Lipinski definition) is 4. The highest BCUT2D eigenvalue weighted by Crippen LogP contribution is 2.31. The molecule has 0 aromatic heterocycles. The zero-order valence-electron chi connectivity index (χ0n) is 17.1. The molecule has 0 saturated carbocycles. The normalized spacial score (nSPS) is 13.6. The van der Waals surface area contributed by atoms with Crippen molar-refractivity contribution in [1.82, 2.24) is 10.6 Å². The van der Waals surface area contributed by atoms with Crippen molar-refractivity contribution >= 4 is 41.5 Å². The molecule has 0 bridgehead atoms. The molecule has 0 fully saturated rings. The van der Waals surface area contributed by atoms with E-state index in [2.05, 4.69) is 29.5 Å². The number of halogens is 1. The van der Waals surface area contributed by atoms with E-state index < -0.39 is 0 Å². The molecule has 2 N–H and O–H groups in total. The Kier molecular flexibility index (Phi) is 11.9. The molecule has 2 rings (SSSR count). The van der Waals surface area contributed by atoms with Crippen LogP contribution >= 0.6 is 24.0 Å². The summed E-state index contributed by atoms with van der Waals surface area (Å²) in [5, 5.41) is 6.56. The summed E-state index contributed by atoms with van der Waals surface area (Å²) in [6, 6.07) is 7.64. The van der Waals surface area contributed by atoms with Gasteiger partial charge >= 0.3 is 0 Å².